The van der Waals surface area contributed by atoms with E-state index in [2.05, 4.69) is 5.32 Å². The highest BCUT2D eigenvalue weighted by atomic mass is 19.1. The van der Waals surface area contributed by atoms with E-state index in [1.807, 2.05) is 18.2 Å². The molecule has 0 aromatic heterocycles. The van der Waals surface area contributed by atoms with Crippen LogP contribution in [0.1, 0.15) is 24.2 Å². The lowest BCUT2D eigenvalue weighted by molar-refractivity contribution is 0.106. The van der Waals surface area contributed by atoms with Crippen molar-refractivity contribution in [3.8, 4) is 0 Å². The van der Waals surface area contributed by atoms with Crippen molar-refractivity contribution in [1.82, 2.24) is 5.32 Å². The molecule has 0 fully saturated rings. The van der Waals surface area contributed by atoms with Crippen molar-refractivity contribution in [2.24, 2.45) is 0 Å². The number of hydrogen-bond acceptors (Lipinski definition) is 3. The lowest BCUT2D eigenvalue weighted by Crippen LogP contribution is -2.37. The highest BCUT2D eigenvalue weighted by Gasteiger charge is 2.20. The van der Waals surface area contributed by atoms with Crippen molar-refractivity contribution in [3.05, 3.63) is 71.3 Å². The zero-order chi connectivity index (χ0) is 16.8. The molecule has 23 heavy (non-hydrogen) atoms. The summed E-state index contributed by atoms with van der Waals surface area (Å²) in [6.07, 6.45) is -1.98. The van der Waals surface area contributed by atoms with Crippen LogP contribution in [0.2, 0.25) is 0 Å². The first-order valence-corrected chi connectivity index (χ1v) is 7.07. The summed E-state index contributed by atoms with van der Waals surface area (Å²) in [5, 5.41) is 12.5. The van der Waals surface area contributed by atoms with Gasteiger partial charge in [0.05, 0.1) is 12.1 Å². The molecule has 0 aliphatic heterocycles. The molecule has 2 aromatic carbocycles. The zero-order valence-corrected chi connectivity index (χ0v) is 12.5. The van der Waals surface area contributed by atoms with E-state index in [-0.39, 0.29) is 12.2 Å². The molecule has 2 aromatic rings. The maximum atomic E-state index is 13.2. The van der Waals surface area contributed by atoms with Gasteiger partial charge in [-0.3, -0.25) is 0 Å². The Morgan fingerprint density at radius 3 is 2.39 bits per heavy atom. The largest absolute Gasteiger partial charge is 0.445 e. The fourth-order valence-electron chi connectivity index (χ4n) is 2.06. The Morgan fingerprint density at radius 1 is 1.17 bits per heavy atom. The van der Waals surface area contributed by atoms with Crippen molar-refractivity contribution < 1.29 is 23.4 Å². The highest BCUT2D eigenvalue weighted by Crippen LogP contribution is 2.19. The Labute approximate surface area is 132 Å². The quantitative estimate of drug-likeness (QED) is 0.888. The Morgan fingerprint density at radius 2 is 1.78 bits per heavy atom. The summed E-state index contributed by atoms with van der Waals surface area (Å²) in [6, 6.07) is 11.1. The Hall–Kier alpha value is -2.47. The predicted octanol–water partition coefficient (Wildman–Crippen LogP) is 3.31. The molecule has 2 atom stereocenters. The smallest absolute Gasteiger partial charge is 0.407 e. The van der Waals surface area contributed by atoms with Crippen LogP contribution >= 0.6 is 0 Å². The molecule has 0 radical (unpaired) electrons. The molecule has 0 aliphatic carbocycles. The van der Waals surface area contributed by atoms with E-state index in [0.717, 1.165) is 17.7 Å². The number of hydrogen-bond donors (Lipinski definition) is 2. The van der Waals surface area contributed by atoms with Crippen LogP contribution in [0.5, 0.6) is 0 Å². The number of aliphatic hydroxyl groups is 1. The lowest BCUT2D eigenvalue weighted by atomic mass is 10.0. The molecule has 0 saturated heterocycles. The Balaban J connectivity index is 1.89. The van der Waals surface area contributed by atoms with Crippen LogP contribution in [-0.2, 0) is 11.3 Å². The number of alkyl carbamates (subject to hydrolysis) is 1. The highest BCUT2D eigenvalue weighted by molar-refractivity contribution is 5.67. The summed E-state index contributed by atoms with van der Waals surface area (Å²) in [5.41, 5.74) is 0.862. The van der Waals surface area contributed by atoms with E-state index in [1.54, 1.807) is 12.1 Å². The molecule has 0 bridgehead atoms. The monoisotopic (exact) mass is 321 g/mol. The second-order valence-corrected chi connectivity index (χ2v) is 5.14. The van der Waals surface area contributed by atoms with Crippen LogP contribution in [0.15, 0.2) is 48.5 Å². The van der Waals surface area contributed by atoms with Crippen LogP contribution in [0.3, 0.4) is 0 Å². The molecule has 1 amide bonds. The standard InChI is InChI=1S/C17H17F2NO3/c1-11(16(21)13-7-14(18)9-15(19)8-13)20-17(22)23-10-12-5-3-2-4-6-12/h2-9,11,16,21H,10H2,1H3,(H,20,22)/t11?,16-/m1/s1. The third-order valence-corrected chi connectivity index (χ3v) is 3.26. The van der Waals surface area contributed by atoms with Gasteiger partial charge in [-0.05, 0) is 30.2 Å². The number of carbonyl (C=O) groups excluding carboxylic acids is 1. The molecule has 2 N–H and O–H groups in total. The average molecular weight is 321 g/mol. The van der Waals surface area contributed by atoms with Gasteiger partial charge >= 0.3 is 6.09 Å². The molecular weight excluding hydrogens is 304 g/mol. The number of aliphatic hydroxyl groups excluding tert-OH is 1. The number of rotatable bonds is 5. The maximum absolute atomic E-state index is 13.2. The molecule has 0 spiro atoms. The first-order valence-electron chi connectivity index (χ1n) is 7.07. The third-order valence-electron chi connectivity index (χ3n) is 3.26. The maximum Gasteiger partial charge on any atom is 0.407 e. The second-order valence-electron chi connectivity index (χ2n) is 5.14. The molecule has 0 heterocycles. The summed E-state index contributed by atoms with van der Waals surface area (Å²) in [7, 11) is 0. The van der Waals surface area contributed by atoms with E-state index >= 15 is 0 Å². The van der Waals surface area contributed by atoms with Gasteiger partial charge in [0.2, 0.25) is 0 Å². The third kappa shape index (κ3) is 5.03. The van der Waals surface area contributed by atoms with E-state index in [0.29, 0.717) is 6.07 Å². The van der Waals surface area contributed by atoms with Gasteiger partial charge in [0.25, 0.3) is 0 Å². The van der Waals surface area contributed by atoms with Gasteiger partial charge in [-0.1, -0.05) is 30.3 Å². The van der Waals surface area contributed by atoms with Gasteiger partial charge < -0.3 is 15.2 Å². The molecule has 1 unspecified atom stereocenters. The molecule has 4 nitrogen and oxygen atoms in total. The summed E-state index contributed by atoms with van der Waals surface area (Å²) in [6.45, 7) is 1.60. The van der Waals surface area contributed by atoms with Crippen LogP contribution in [0.4, 0.5) is 13.6 Å². The van der Waals surface area contributed by atoms with Crippen LogP contribution in [0.25, 0.3) is 0 Å². The first-order chi connectivity index (χ1) is 11.0. The fraction of sp³-hybridized carbons (Fsp3) is 0.235. The first kappa shape index (κ1) is 16.9. The Kier molecular flexibility index (Phi) is 5.65. The van der Waals surface area contributed by atoms with Crippen molar-refractivity contribution in [2.75, 3.05) is 0 Å². The lowest BCUT2D eigenvalue weighted by Gasteiger charge is -2.20. The van der Waals surface area contributed by atoms with E-state index < -0.39 is 29.9 Å². The minimum Gasteiger partial charge on any atom is -0.445 e. The number of carbonyl (C=O) groups is 1. The van der Waals surface area contributed by atoms with E-state index in [9.17, 15) is 18.7 Å². The molecule has 6 heteroatoms. The van der Waals surface area contributed by atoms with Gasteiger partial charge in [0, 0.05) is 6.07 Å². The number of halogens is 2. The van der Waals surface area contributed by atoms with Crippen LogP contribution in [0, 0.1) is 11.6 Å². The van der Waals surface area contributed by atoms with Crippen LogP contribution in [-0.4, -0.2) is 17.2 Å². The number of nitrogens with one attached hydrogen (secondary N) is 1. The second kappa shape index (κ2) is 7.69. The predicted molar refractivity (Wildman–Crippen MR) is 80.5 cm³/mol. The zero-order valence-electron chi connectivity index (χ0n) is 12.5. The van der Waals surface area contributed by atoms with Gasteiger partial charge in [-0.15, -0.1) is 0 Å². The van der Waals surface area contributed by atoms with Crippen molar-refractivity contribution in [1.29, 1.82) is 0 Å². The normalized spacial score (nSPS) is 13.2. The summed E-state index contributed by atoms with van der Waals surface area (Å²) in [5.74, 6) is -1.59. The molecule has 2 rings (SSSR count). The fourth-order valence-corrected chi connectivity index (χ4v) is 2.06. The van der Waals surface area contributed by atoms with Gasteiger partial charge in [-0.25, -0.2) is 13.6 Å². The van der Waals surface area contributed by atoms with Crippen molar-refractivity contribution in [2.45, 2.75) is 25.7 Å². The number of ether oxygens (including phenoxy) is 1. The SMILES string of the molecule is CC(NC(=O)OCc1ccccc1)[C@@H](O)c1cc(F)cc(F)c1. The van der Waals surface area contributed by atoms with E-state index in [4.69, 9.17) is 4.74 Å². The van der Waals surface area contributed by atoms with E-state index in [1.165, 1.54) is 6.92 Å². The van der Waals surface area contributed by atoms with Crippen LogP contribution < -0.4 is 5.32 Å². The minimum atomic E-state index is -1.26. The average Bonchev–Trinajstić information content (AvgIpc) is 2.52. The summed E-state index contributed by atoms with van der Waals surface area (Å²) in [4.78, 5) is 11.7. The van der Waals surface area contributed by atoms with Gasteiger partial charge in [0.1, 0.15) is 18.2 Å². The molecule has 122 valence electrons. The summed E-state index contributed by atoms with van der Waals surface area (Å²) >= 11 is 0. The summed E-state index contributed by atoms with van der Waals surface area (Å²) < 4.78 is 31.3. The molecular formula is C17H17F2NO3. The molecule has 0 aliphatic rings. The number of amides is 1. The topological polar surface area (TPSA) is 58.6 Å². The number of benzene rings is 2. The van der Waals surface area contributed by atoms with Crippen molar-refractivity contribution >= 4 is 6.09 Å². The Bertz CT molecular complexity index is 644. The minimum absolute atomic E-state index is 0.0401. The molecule has 0 saturated carbocycles. The van der Waals surface area contributed by atoms with Gasteiger partial charge in [0.15, 0.2) is 0 Å². The van der Waals surface area contributed by atoms with Gasteiger partial charge in [-0.2, -0.15) is 0 Å². The van der Waals surface area contributed by atoms with Crippen molar-refractivity contribution in [3.63, 3.8) is 0 Å².